The normalized spacial score (nSPS) is 15.1. The number of hydrogen-bond donors (Lipinski definition) is 1. The van der Waals surface area contributed by atoms with Gasteiger partial charge in [-0.2, -0.15) is 0 Å². The van der Waals surface area contributed by atoms with Crippen LogP contribution in [0.5, 0.6) is 0 Å². The van der Waals surface area contributed by atoms with Crippen molar-refractivity contribution in [2.75, 3.05) is 59.5 Å². The first-order chi connectivity index (χ1) is 12.7. The van der Waals surface area contributed by atoms with E-state index in [0.29, 0.717) is 31.8 Å². The summed E-state index contributed by atoms with van der Waals surface area (Å²) in [5.41, 5.74) is 0.303. The second-order valence-electron chi connectivity index (χ2n) is 6.46. The summed E-state index contributed by atoms with van der Waals surface area (Å²) in [6.07, 6.45) is 5.55. The molecule has 1 aliphatic heterocycles. The highest BCUT2D eigenvalue weighted by Gasteiger charge is 2.24. The predicted molar refractivity (Wildman–Crippen MR) is 96.9 cm³/mol. The van der Waals surface area contributed by atoms with E-state index in [1.165, 1.54) is 23.5 Å². The zero-order chi connectivity index (χ0) is 18.8. The van der Waals surface area contributed by atoms with Gasteiger partial charge in [0.2, 0.25) is 5.91 Å². The van der Waals surface area contributed by atoms with Gasteiger partial charge in [0.15, 0.2) is 0 Å². The lowest BCUT2D eigenvalue weighted by Crippen LogP contribution is -3.14. The molecule has 1 N–H and O–H groups in total. The van der Waals surface area contributed by atoms with E-state index in [2.05, 4.69) is 16.9 Å². The van der Waals surface area contributed by atoms with Gasteiger partial charge in [0, 0.05) is 45.6 Å². The van der Waals surface area contributed by atoms with Crippen molar-refractivity contribution in [2.45, 2.75) is 19.8 Å². The maximum Gasteiger partial charge on any atom is 0.274 e. The minimum Gasteiger partial charge on any atom is -0.385 e. The first-order valence-electron chi connectivity index (χ1n) is 9.31. The lowest BCUT2D eigenvalue weighted by atomic mass is 10.2. The highest BCUT2D eigenvalue weighted by Crippen LogP contribution is 2.05. The van der Waals surface area contributed by atoms with Crippen molar-refractivity contribution in [3.63, 3.8) is 0 Å². The van der Waals surface area contributed by atoms with Gasteiger partial charge in [-0.05, 0) is 13.3 Å². The number of rotatable bonds is 9. The Kier molecular flexibility index (Phi) is 8.43. The van der Waals surface area contributed by atoms with Crippen molar-refractivity contribution in [3.05, 3.63) is 24.3 Å². The lowest BCUT2D eigenvalue weighted by molar-refractivity contribution is -0.902. The van der Waals surface area contributed by atoms with Crippen LogP contribution in [0.25, 0.3) is 0 Å². The Labute approximate surface area is 155 Å². The molecule has 2 heterocycles. The van der Waals surface area contributed by atoms with Crippen LogP contribution in [0.1, 0.15) is 30.3 Å². The third-order valence-electron chi connectivity index (χ3n) is 4.76. The minimum atomic E-state index is -0.192. The summed E-state index contributed by atoms with van der Waals surface area (Å²) < 4.78 is 5.08. The average Bonchev–Trinajstić information content (AvgIpc) is 2.70. The molecule has 0 bridgehead atoms. The third-order valence-corrected chi connectivity index (χ3v) is 4.76. The molecule has 1 aromatic heterocycles. The molecule has 8 heteroatoms. The SMILES string of the molecule is CC[NH+]1CCN(C(=O)CCN(CCCOC)C(=O)c2cnccn2)CC1. The minimum absolute atomic E-state index is 0.115. The van der Waals surface area contributed by atoms with Crippen LogP contribution in [0.4, 0.5) is 0 Å². The second-order valence-corrected chi connectivity index (χ2v) is 6.46. The third kappa shape index (κ3) is 6.03. The number of hydrogen-bond acceptors (Lipinski definition) is 5. The molecule has 0 aromatic carbocycles. The van der Waals surface area contributed by atoms with Crippen LogP contribution in [-0.2, 0) is 9.53 Å². The summed E-state index contributed by atoms with van der Waals surface area (Å²) in [5, 5.41) is 0. The highest BCUT2D eigenvalue weighted by molar-refractivity contribution is 5.92. The number of nitrogens with one attached hydrogen (secondary N) is 1. The Morgan fingerprint density at radius 2 is 2.04 bits per heavy atom. The zero-order valence-electron chi connectivity index (χ0n) is 15.8. The van der Waals surface area contributed by atoms with E-state index < -0.39 is 0 Å². The Morgan fingerprint density at radius 1 is 1.27 bits per heavy atom. The summed E-state index contributed by atoms with van der Waals surface area (Å²) in [4.78, 5) is 38.3. The molecular formula is C18H30N5O3+. The lowest BCUT2D eigenvalue weighted by Gasteiger charge is -2.32. The maximum absolute atomic E-state index is 12.7. The van der Waals surface area contributed by atoms with E-state index in [1.807, 2.05) is 4.90 Å². The molecule has 0 aliphatic carbocycles. The fourth-order valence-electron chi connectivity index (χ4n) is 3.10. The molecular weight excluding hydrogens is 334 g/mol. The number of carbonyl (C=O) groups excluding carboxylic acids is 2. The van der Waals surface area contributed by atoms with Crippen molar-refractivity contribution in [2.24, 2.45) is 0 Å². The molecule has 2 rings (SSSR count). The van der Waals surface area contributed by atoms with Gasteiger partial charge < -0.3 is 19.4 Å². The standard InChI is InChI=1S/C18H29N5O3/c1-3-21-10-12-22(13-11-21)17(24)5-9-23(8-4-14-26-2)18(25)16-15-19-6-7-20-16/h6-7,15H,3-5,8-14H2,1-2H3/p+1. The van der Waals surface area contributed by atoms with Crippen molar-refractivity contribution < 1.29 is 19.2 Å². The number of piperazine rings is 1. The first kappa shape index (κ1) is 20.3. The fourth-order valence-corrected chi connectivity index (χ4v) is 3.10. The van der Waals surface area contributed by atoms with Crippen molar-refractivity contribution in [3.8, 4) is 0 Å². The van der Waals surface area contributed by atoms with Crippen molar-refractivity contribution >= 4 is 11.8 Å². The Bertz CT molecular complexity index is 561. The molecule has 1 aliphatic rings. The smallest absolute Gasteiger partial charge is 0.274 e. The number of carbonyl (C=O) groups is 2. The van der Waals surface area contributed by atoms with Crippen molar-refractivity contribution in [1.29, 1.82) is 0 Å². The van der Waals surface area contributed by atoms with Crippen LogP contribution in [0.3, 0.4) is 0 Å². The average molecular weight is 364 g/mol. The van der Waals surface area contributed by atoms with Crippen molar-refractivity contribution in [1.82, 2.24) is 19.8 Å². The molecule has 1 aromatic rings. The molecule has 8 nitrogen and oxygen atoms in total. The fraction of sp³-hybridized carbons (Fsp3) is 0.667. The number of aromatic nitrogens is 2. The van der Waals surface area contributed by atoms with Crippen LogP contribution in [0, 0.1) is 0 Å². The molecule has 0 saturated carbocycles. The van der Waals surface area contributed by atoms with Gasteiger partial charge in [-0.15, -0.1) is 0 Å². The van der Waals surface area contributed by atoms with E-state index in [4.69, 9.17) is 4.74 Å². The Hall–Kier alpha value is -2.06. The van der Waals surface area contributed by atoms with Crippen LogP contribution in [0.15, 0.2) is 18.6 Å². The van der Waals surface area contributed by atoms with E-state index >= 15 is 0 Å². The topological polar surface area (TPSA) is 80.1 Å². The van der Waals surface area contributed by atoms with Gasteiger partial charge in [0.1, 0.15) is 5.69 Å². The number of ether oxygens (including phenoxy) is 1. The van der Waals surface area contributed by atoms with Gasteiger partial charge in [0.25, 0.3) is 5.91 Å². The first-order valence-corrected chi connectivity index (χ1v) is 9.31. The molecule has 0 radical (unpaired) electrons. The van der Waals surface area contributed by atoms with Crippen LogP contribution < -0.4 is 4.90 Å². The quantitative estimate of drug-likeness (QED) is 0.574. The van der Waals surface area contributed by atoms with E-state index in [1.54, 1.807) is 12.0 Å². The summed E-state index contributed by atoms with van der Waals surface area (Å²) in [6.45, 7) is 8.35. The number of amides is 2. The molecule has 0 atom stereocenters. The van der Waals surface area contributed by atoms with Gasteiger partial charge in [-0.3, -0.25) is 14.6 Å². The molecule has 2 amide bonds. The second kappa shape index (κ2) is 10.8. The van der Waals surface area contributed by atoms with Crippen LogP contribution >= 0.6 is 0 Å². The molecule has 144 valence electrons. The number of methoxy groups -OCH3 is 1. The van der Waals surface area contributed by atoms with Gasteiger partial charge in [-0.25, -0.2) is 4.98 Å². The van der Waals surface area contributed by atoms with Crippen LogP contribution in [-0.4, -0.2) is 91.1 Å². The monoisotopic (exact) mass is 364 g/mol. The van der Waals surface area contributed by atoms with Gasteiger partial charge >= 0.3 is 0 Å². The Morgan fingerprint density at radius 3 is 2.65 bits per heavy atom. The predicted octanol–water partition coefficient (Wildman–Crippen LogP) is -0.908. The van der Waals surface area contributed by atoms with E-state index in [9.17, 15) is 9.59 Å². The summed E-state index contributed by atoms with van der Waals surface area (Å²) in [5.74, 6) is -0.0777. The zero-order valence-corrected chi connectivity index (χ0v) is 15.8. The Balaban J connectivity index is 1.89. The van der Waals surface area contributed by atoms with Gasteiger partial charge in [-0.1, -0.05) is 0 Å². The molecule has 1 saturated heterocycles. The highest BCUT2D eigenvalue weighted by atomic mass is 16.5. The number of likely N-dealkylation sites (N-methyl/N-ethyl adjacent to an activating group) is 1. The summed E-state index contributed by atoms with van der Waals surface area (Å²) in [6, 6.07) is 0. The van der Waals surface area contributed by atoms with Gasteiger partial charge in [0.05, 0.1) is 38.9 Å². The van der Waals surface area contributed by atoms with E-state index in [-0.39, 0.29) is 11.8 Å². The number of quaternary nitrogens is 1. The number of nitrogens with zero attached hydrogens (tertiary/aromatic N) is 4. The summed E-state index contributed by atoms with van der Waals surface area (Å²) >= 11 is 0. The molecule has 0 unspecified atom stereocenters. The molecule has 0 spiro atoms. The molecule has 1 fully saturated rings. The van der Waals surface area contributed by atoms with Crippen LogP contribution in [0.2, 0.25) is 0 Å². The van der Waals surface area contributed by atoms with E-state index in [0.717, 1.165) is 39.1 Å². The maximum atomic E-state index is 12.7. The largest absolute Gasteiger partial charge is 0.385 e. The summed E-state index contributed by atoms with van der Waals surface area (Å²) in [7, 11) is 1.64. The molecule has 26 heavy (non-hydrogen) atoms.